The summed E-state index contributed by atoms with van der Waals surface area (Å²) in [6.45, 7) is 0. The lowest BCUT2D eigenvalue weighted by molar-refractivity contribution is -0.384. The third-order valence-corrected chi connectivity index (χ3v) is 5.15. The summed E-state index contributed by atoms with van der Waals surface area (Å²) in [5.41, 5.74) is 0.919. The highest BCUT2D eigenvalue weighted by Gasteiger charge is 2.35. The lowest BCUT2D eigenvalue weighted by Gasteiger charge is -2.29. The van der Waals surface area contributed by atoms with E-state index in [9.17, 15) is 29.6 Å². The number of hydrogen-bond acceptors (Lipinski definition) is 6. The maximum absolute atomic E-state index is 13.2. The van der Waals surface area contributed by atoms with Crippen molar-refractivity contribution in [2.75, 3.05) is 4.90 Å². The molecule has 164 valence electrons. The number of nitro benzene ring substituents is 1. The van der Waals surface area contributed by atoms with Gasteiger partial charge in [-0.05, 0) is 60.8 Å². The van der Waals surface area contributed by atoms with Crippen LogP contribution >= 0.6 is 12.2 Å². The molecule has 0 radical (unpaired) electrons. The number of nitrogens with zero attached hydrogens (tertiary/aromatic N) is 3. The highest BCUT2D eigenvalue weighted by atomic mass is 32.1. The van der Waals surface area contributed by atoms with E-state index in [2.05, 4.69) is 5.32 Å². The molecule has 2 N–H and O–H groups in total. The Morgan fingerprint density at radius 3 is 2.45 bits per heavy atom. The van der Waals surface area contributed by atoms with Crippen LogP contribution in [-0.4, -0.2) is 37.5 Å². The zero-order valence-electron chi connectivity index (χ0n) is 16.7. The predicted molar refractivity (Wildman–Crippen MR) is 122 cm³/mol. The van der Waals surface area contributed by atoms with Gasteiger partial charge in [-0.3, -0.25) is 29.9 Å². The van der Waals surface area contributed by atoms with E-state index < -0.39 is 22.7 Å². The normalized spacial score (nSPS) is 15.0. The second-order valence-corrected chi connectivity index (χ2v) is 7.28. The average Bonchev–Trinajstić information content (AvgIpc) is 3.25. The number of hydrogen-bond donors (Lipinski definition) is 2. The minimum atomic E-state index is -1.17. The first kappa shape index (κ1) is 21.6. The molecule has 1 aliphatic heterocycles. The number of nitro groups is 1. The van der Waals surface area contributed by atoms with Crippen molar-refractivity contribution in [1.29, 1.82) is 0 Å². The summed E-state index contributed by atoms with van der Waals surface area (Å²) < 4.78 is 1.65. The van der Waals surface area contributed by atoms with Crippen LogP contribution in [0.3, 0.4) is 0 Å². The van der Waals surface area contributed by atoms with Gasteiger partial charge in [0.1, 0.15) is 5.57 Å². The van der Waals surface area contributed by atoms with Crippen LogP contribution in [-0.2, 0) is 9.59 Å². The molecule has 0 spiro atoms. The number of anilines is 1. The maximum atomic E-state index is 13.2. The molecule has 1 aliphatic rings. The van der Waals surface area contributed by atoms with Crippen LogP contribution in [0.15, 0.2) is 72.4 Å². The Bertz CT molecular complexity index is 1360. The lowest BCUT2D eigenvalue weighted by Crippen LogP contribution is -2.54. The van der Waals surface area contributed by atoms with Crippen LogP contribution in [0.4, 0.5) is 11.4 Å². The van der Waals surface area contributed by atoms with Crippen molar-refractivity contribution in [2.45, 2.75) is 0 Å². The number of aromatic nitrogens is 1. The van der Waals surface area contributed by atoms with Crippen molar-refractivity contribution in [3.8, 4) is 5.69 Å². The van der Waals surface area contributed by atoms with Gasteiger partial charge < -0.3 is 9.67 Å². The minimum Gasteiger partial charge on any atom is -0.478 e. The Morgan fingerprint density at radius 2 is 1.79 bits per heavy atom. The Kier molecular flexibility index (Phi) is 5.54. The van der Waals surface area contributed by atoms with Crippen LogP contribution in [0.1, 0.15) is 16.1 Å². The highest BCUT2D eigenvalue weighted by Crippen LogP contribution is 2.24. The molecular weight excluding hydrogens is 448 g/mol. The fourth-order valence-corrected chi connectivity index (χ4v) is 3.58. The first-order chi connectivity index (χ1) is 15.8. The van der Waals surface area contributed by atoms with Crippen LogP contribution in [0.25, 0.3) is 11.8 Å². The number of nitrogens with one attached hydrogen (secondary N) is 1. The molecule has 3 aromatic rings. The molecule has 33 heavy (non-hydrogen) atoms. The van der Waals surface area contributed by atoms with E-state index in [0.29, 0.717) is 11.4 Å². The first-order valence-electron chi connectivity index (χ1n) is 9.43. The quantitative estimate of drug-likeness (QED) is 0.196. The molecule has 0 bridgehead atoms. The molecule has 0 saturated carbocycles. The maximum Gasteiger partial charge on any atom is 0.335 e. The Morgan fingerprint density at radius 1 is 1.06 bits per heavy atom. The van der Waals surface area contributed by atoms with Gasteiger partial charge in [0.2, 0.25) is 0 Å². The number of carbonyl (C=O) groups is 3. The minimum absolute atomic E-state index is 0.0439. The van der Waals surface area contributed by atoms with E-state index in [4.69, 9.17) is 12.2 Å². The van der Waals surface area contributed by atoms with E-state index in [-0.39, 0.29) is 27.6 Å². The van der Waals surface area contributed by atoms with Crippen molar-refractivity contribution in [3.63, 3.8) is 0 Å². The molecule has 1 fully saturated rings. The number of non-ortho nitro benzene ring substituents is 1. The standard InChI is InChI=1S/C22H14N4O6S/c27-19-18(12-16-5-2-10-24(16)14-6-8-15(9-7-14)26(31)32)20(28)25(22(33)23-19)17-4-1-3-13(11-17)21(29)30/h1-12H,(H,29,30)(H,23,27,33). The number of carbonyl (C=O) groups excluding carboxylic acids is 2. The number of benzene rings is 2. The van der Waals surface area contributed by atoms with Gasteiger partial charge in [0, 0.05) is 29.7 Å². The third-order valence-electron chi connectivity index (χ3n) is 4.86. The van der Waals surface area contributed by atoms with Crippen molar-refractivity contribution in [3.05, 3.63) is 93.8 Å². The van der Waals surface area contributed by atoms with E-state index in [0.717, 1.165) is 4.90 Å². The zero-order chi connectivity index (χ0) is 23.7. The number of amides is 2. The second kappa shape index (κ2) is 8.48. The predicted octanol–water partition coefficient (Wildman–Crippen LogP) is 2.92. The monoisotopic (exact) mass is 462 g/mol. The van der Waals surface area contributed by atoms with Crippen molar-refractivity contribution >= 4 is 52.6 Å². The molecule has 11 heteroatoms. The van der Waals surface area contributed by atoms with Crippen LogP contribution in [0.2, 0.25) is 0 Å². The molecule has 2 heterocycles. The summed E-state index contributed by atoms with van der Waals surface area (Å²) >= 11 is 5.15. The van der Waals surface area contributed by atoms with Crippen LogP contribution in [0.5, 0.6) is 0 Å². The average molecular weight is 462 g/mol. The number of rotatable bonds is 5. The summed E-state index contributed by atoms with van der Waals surface area (Å²) in [6.07, 6.45) is 3.05. The SMILES string of the molecule is O=C1NC(=S)N(c2cccc(C(=O)O)c2)C(=O)C1=Cc1cccn1-c1ccc([N+](=O)[O-])cc1. The summed E-state index contributed by atoms with van der Waals surface area (Å²) in [7, 11) is 0. The van der Waals surface area contributed by atoms with Gasteiger partial charge in [0.05, 0.1) is 16.2 Å². The Balaban J connectivity index is 1.72. The molecule has 0 unspecified atom stereocenters. The summed E-state index contributed by atoms with van der Waals surface area (Å²) in [5, 5.41) is 22.4. The molecule has 1 saturated heterocycles. The second-order valence-electron chi connectivity index (χ2n) is 6.89. The lowest BCUT2D eigenvalue weighted by atomic mass is 10.1. The van der Waals surface area contributed by atoms with E-state index in [1.54, 1.807) is 35.0 Å². The molecule has 0 atom stereocenters. The fourth-order valence-electron chi connectivity index (χ4n) is 3.30. The molecule has 4 rings (SSSR count). The number of aromatic carboxylic acids is 1. The molecular formula is C22H14N4O6S. The summed E-state index contributed by atoms with van der Waals surface area (Å²) in [5.74, 6) is -2.59. The van der Waals surface area contributed by atoms with Gasteiger partial charge in [-0.25, -0.2) is 4.79 Å². The van der Waals surface area contributed by atoms with Crippen LogP contribution in [0, 0.1) is 10.1 Å². The van der Waals surface area contributed by atoms with Gasteiger partial charge in [-0.2, -0.15) is 0 Å². The smallest absolute Gasteiger partial charge is 0.335 e. The highest BCUT2D eigenvalue weighted by molar-refractivity contribution is 7.80. The van der Waals surface area contributed by atoms with Gasteiger partial charge >= 0.3 is 5.97 Å². The van der Waals surface area contributed by atoms with Crippen molar-refractivity contribution in [2.24, 2.45) is 0 Å². The fraction of sp³-hybridized carbons (Fsp3) is 0. The van der Waals surface area contributed by atoms with Crippen LogP contribution < -0.4 is 10.2 Å². The summed E-state index contributed by atoms with van der Waals surface area (Å²) in [4.78, 5) is 48.5. The van der Waals surface area contributed by atoms with Gasteiger partial charge in [0.15, 0.2) is 5.11 Å². The van der Waals surface area contributed by atoms with Gasteiger partial charge in [-0.15, -0.1) is 0 Å². The Hall–Kier alpha value is -4.64. The van der Waals surface area contributed by atoms with Gasteiger partial charge in [-0.1, -0.05) is 6.07 Å². The topological polar surface area (TPSA) is 135 Å². The Labute approximate surface area is 191 Å². The van der Waals surface area contributed by atoms with E-state index >= 15 is 0 Å². The molecule has 2 aromatic carbocycles. The van der Waals surface area contributed by atoms with Gasteiger partial charge in [0.25, 0.3) is 17.5 Å². The zero-order valence-corrected chi connectivity index (χ0v) is 17.5. The van der Waals surface area contributed by atoms with Crippen molar-refractivity contribution < 1.29 is 24.4 Å². The summed E-state index contributed by atoms with van der Waals surface area (Å²) in [6, 6.07) is 14.8. The number of carboxylic acid groups (broad SMARTS) is 1. The molecule has 0 aliphatic carbocycles. The first-order valence-corrected chi connectivity index (χ1v) is 9.84. The van der Waals surface area contributed by atoms with E-state index in [1.165, 1.54) is 42.5 Å². The van der Waals surface area contributed by atoms with Crippen molar-refractivity contribution in [1.82, 2.24) is 9.88 Å². The number of carboxylic acids is 1. The van der Waals surface area contributed by atoms with E-state index in [1.807, 2.05) is 0 Å². The molecule has 1 aromatic heterocycles. The largest absolute Gasteiger partial charge is 0.478 e. The molecule has 2 amide bonds. The third kappa shape index (κ3) is 4.12. The number of thiocarbonyl (C=S) groups is 1. The molecule has 10 nitrogen and oxygen atoms in total.